The highest BCUT2D eigenvalue weighted by molar-refractivity contribution is 5.69. The van der Waals surface area contributed by atoms with E-state index in [2.05, 4.69) is 31.2 Å². The molecule has 1 fully saturated rings. The highest BCUT2D eigenvalue weighted by atomic mass is 16.6. The number of hydrogen-bond acceptors (Lipinski definition) is 2. The second-order valence-electron chi connectivity index (χ2n) is 6.31. The first-order valence-electron chi connectivity index (χ1n) is 6.90. The molecule has 1 aromatic carbocycles. The van der Waals surface area contributed by atoms with Gasteiger partial charge in [-0.15, -0.1) is 0 Å². The van der Waals surface area contributed by atoms with Crippen LogP contribution in [-0.4, -0.2) is 29.2 Å². The Labute approximate surface area is 115 Å². The minimum absolute atomic E-state index is 0.184. The molecule has 0 radical (unpaired) electrons. The van der Waals surface area contributed by atoms with Crippen molar-refractivity contribution in [3.8, 4) is 0 Å². The van der Waals surface area contributed by atoms with E-state index in [-0.39, 0.29) is 12.1 Å². The van der Waals surface area contributed by atoms with Gasteiger partial charge >= 0.3 is 6.09 Å². The van der Waals surface area contributed by atoms with E-state index in [1.54, 1.807) is 0 Å². The number of nitrogens with zero attached hydrogens (tertiary/aromatic N) is 1. The van der Waals surface area contributed by atoms with Gasteiger partial charge in [0, 0.05) is 12.6 Å². The minimum Gasteiger partial charge on any atom is -0.444 e. The van der Waals surface area contributed by atoms with Crippen LogP contribution < -0.4 is 0 Å². The molecular formula is C16H23NO2. The summed E-state index contributed by atoms with van der Waals surface area (Å²) >= 11 is 0. The summed E-state index contributed by atoms with van der Waals surface area (Å²) in [6.07, 6.45) is 1.79. The summed E-state index contributed by atoms with van der Waals surface area (Å²) in [6, 6.07) is 8.80. The number of likely N-dealkylation sites (tertiary alicyclic amines) is 1. The Hall–Kier alpha value is -1.51. The Balaban J connectivity index is 1.92. The highest BCUT2D eigenvalue weighted by Gasteiger charge is 2.34. The number of carbonyl (C=O) groups excluding carboxylic acids is 1. The molecule has 0 saturated carbocycles. The molecule has 1 aromatic rings. The maximum Gasteiger partial charge on any atom is 0.410 e. The van der Waals surface area contributed by atoms with Gasteiger partial charge in [0.2, 0.25) is 0 Å². The maximum atomic E-state index is 12.0. The smallest absolute Gasteiger partial charge is 0.410 e. The molecule has 0 aliphatic carbocycles. The van der Waals surface area contributed by atoms with Crippen LogP contribution in [0.1, 0.15) is 38.3 Å². The standard InChI is InChI=1S/C16H23NO2/c1-12-5-7-13(8-6-12)11-14-9-10-17(14)15(18)19-16(2,3)4/h5-8,14H,9-11H2,1-4H3. The first kappa shape index (κ1) is 13.9. The van der Waals surface area contributed by atoms with Crippen molar-refractivity contribution in [3.05, 3.63) is 35.4 Å². The Kier molecular flexibility index (Phi) is 3.83. The molecule has 2 rings (SSSR count). The van der Waals surface area contributed by atoms with Crippen molar-refractivity contribution in [1.82, 2.24) is 4.90 Å². The molecule has 1 atom stereocenters. The van der Waals surface area contributed by atoms with Crippen molar-refractivity contribution in [1.29, 1.82) is 0 Å². The predicted molar refractivity (Wildman–Crippen MR) is 76.2 cm³/mol. The van der Waals surface area contributed by atoms with E-state index >= 15 is 0 Å². The van der Waals surface area contributed by atoms with Crippen LogP contribution >= 0.6 is 0 Å². The fraction of sp³-hybridized carbons (Fsp3) is 0.562. The molecule has 1 aliphatic rings. The van der Waals surface area contributed by atoms with Gasteiger partial charge in [0.05, 0.1) is 0 Å². The Morgan fingerprint density at radius 1 is 1.32 bits per heavy atom. The molecule has 3 heteroatoms. The zero-order valence-electron chi connectivity index (χ0n) is 12.3. The highest BCUT2D eigenvalue weighted by Crippen LogP contribution is 2.24. The van der Waals surface area contributed by atoms with E-state index in [9.17, 15) is 4.79 Å². The molecule has 0 aromatic heterocycles. The van der Waals surface area contributed by atoms with Crippen molar-refractivity contribution < 1.29 is 9.53 Å². The van der Waals surface area contributed by atoms with Crippen LogP contribution in [0.15, 0.2) is 24.3 Å². The van der Waals surface area contributed by atoms with Crippen LogP contribution in [-0.2, 0) is 11.2 Å². The van der Waals surface area contributed by atoms with Crippen LogP contribution in [0.4, 0.5) is 4.79 Å². The number of aryl methyl sites for hydroxylation is 1. The van der Waals surface area contributed by atoms with Gasteiger partial charge in [0.1, 0.15) is 5.60 Å². The Morgan fingerprint density at radius 3 is 2.42 bits per heavy atom. The topological polar surface area (TPSA) is 29.5 Å². The normalized spacial score (nSPS) is 18.9. The number of hydrogen-bond donors (Lipinski definition) is 0. The predicted octanol–water partition coefficient (Wildman–Crippen LogP) is 3.55. The second kappa shape index (κ2) is 5.24. The van der Waals surface area contributed by atoms with E-state index in [4.69, 9.17) is 4.74 Å². The molecule has 3 nitrogen and oxygen atoms in total. The molecular weight excluding hydrogens is 238 g/mol. The lowest BCUT2D eigenvalue weighted by Gasteiger charge is -2.41. The molecule has 1 saturated heterocycles. The lowest BCUT2D eigenvalue weighted by Crippen LogP contribution is -2.53. The summed E-state index contributed by atoms with van der Waals surface area (Å²) < 4.78 is 5.42. The van der Waals surface area contributed by atoms with Gasteiger partial charge in [-0.05, 0) is 46.1 Å². The van der Waals surface area contributed by atoms with Crippen LogP contribution in [0.2, 0.25) is 0 Å². The van der Waals surface area contributed by atoms with Gasteiger partial charge in [-0.3, -0.25) is 0 Å². The summed E-state index contributed by atoms with van der Waals surface area (Å²) in [4.78, 5) is 13.8. The first-order chi connectivity index (χ1) is 8.85. The van der Waals surface area contributed by atoms with Crippen molar-refractivity contribution in [2.24, 2.45) is 0 Å². The zero-order chi connectivity index (χ0) is 14.0. The Bertz CT molecular complexity index is 445. The maximum absolute atomic E-state index is 12.0. The van der Waals surface area contributed by atoms with Crippen LogP contribution in [0.25, 0.3) is 0 Å². The van der Waals surface area contributed by atoms with E-state index < -0.39 is 5.60 Å². The summed E-state index contributed by atoms with van der Waals surface area (Å²) in [7, 11) is 0. The lowest BCUT2D eigenvalue weighted by atomic mass is 9.95. The SMILES string of the molecule is Cc1ccc(CC2CCN2C(=O)OC(C)(C)C)cc1. The molecule has 19 heavy (non-hydrogen) atoms. The summed E-state index contributed by atoms with van der Waals surface area (Å²) in [5.41, 5.74) is 2.13. The molecule has 0 bridgehead atoms. The third-order valence-electron chi connectivity index (χ3n) is 3.36. The van der Waals surface area contributed by atoms with Crippen molar-refractivity contribution >= 4 is 6.09 Å². The van der Waals surface area contributed by atoms with Crippen LogP contribution in [0.5, 0.6) is 0 Å². The summed E-state index contributed by atoms with van der Waals surface area (Å²) in [5, 5.41) is 0. The summed E-state index contributed by atoms with van der Waals surface area (Å²) in [6.45, 7) is 8.60. The molecule has 104 valence electrons. The van der Waals surface area contributed by atoms with E-state index in [1.807, 2.05) is 25.7 Å². The van der Waals surface area contributed by atoms with Gasteiger partial charge in [0.25, 0.3) is 0 Å². The first-order valence-corrected chi connectivity index (χ1v) is 6.90. The number of rotatable bonds is 2. The molecule has 0 spiro atoms. The Morgan fingerprint density at radius 2 is 1.95 bits per heavy atom. The van der Waals surface area contributed by atoms with E-state index in [1.165, 1.54) is 11.1 Å². The van der Waals surface area contributed by atoms with Crippen LogP contribution in [0, 0.1) is 6.92 Å². The average molecular weight is 261 g/mol. The molecule has 1 heterocycles. The van der Waals surface area contributed by atoms with Crippen LogP contribution in [0.3, 0.4) is 0 Å². The van der Waals surface area contributed by atoms with E-state index in [0.717, 1.165) is 19.4 Å². The monoisotopic (exact) mass is 261 g/mol. The third-order valence-corrected chi connectivity index (χ3v) is 3.36. The minimum atomic E-state index is -0.416. The largest absolute Gasteiger partial charge is 0.444 e. The van der Waals surface area contributed by atoms with Gasteiger partial charge < -0.3 is 9.64 Å². The molecule has 1 unspecified atom stereocenters. The van der Waals surface area contributed by atoms with Gasteiger partial charge in [0.15, 0.2) is 0 Å². The second-order valence-corrected chi connectivity index (χ2v) is 6.31. The molecule has 0 N–H and O–H groups in total. The van der Waals surface area contributed by atoms with Crippen molar-refractivity contribution in [2.75, 3.05) is 6.54 Å². The van der Waals surface area contributed by atoms with E-state index in [0.29, 0.717) is 0 Å². The average Bonchev–Trinajstić information content (AvgIpc) is 2.24. The van der Waals surface area contributed by atoms with Gasteiger partial charge in [-0.25, -0.2) is 4.79 Å². The van der Waals surface area contributed by atoms with Gasteiger partial charge in [-0.2, -0.15) is 0 Å². The van der Waals surface area contributed by atoms with Crippen molar-refractivity contribution in [3.63, 3.8) is 0 Å². The number of amides is 1. The molecule has 1 aliphatic heterocycles. The number of ether oxygens (including phenoxy) is 1. The van der Waals surface area contributed by atoms with Crippen molar-refractivity contribution in [2.45, 2.75) is 52.2 Å². The van der Waals surface area contributed by atoms with Gasteiger partial charge in [-0.1, -0.05) is 29.8 Å². The molecule has 1 amide bonds. The lowest BCUT2D eigenvalue weighted by molar-refractivity contribution is -0.00498. The number of benzene rings is 1. The summed E-state index contributed by atoms with van der Waals surface area (Å²) in [5.74, 6) is 0. The zero-order valence-corrected chi connectivity index (χ0v) is 12.3. The fourth-order valence-electron chi connectivity index (χ4n) is 2.21. The third kappa shape index (κ3) is 3.72. The fourth-order valence-corrected chi connectivity index (χ4v) is 2.21. The number of carbonyl (C=O) groups is 1. The quantitative estimate of drug-likeness (QED) is 0.815.